The molecule has 0 aromatic heterocycles. The number of benzene rings is 1. The van der Waals surface area contributed by atoms with Gasteiger partial charge in [0.1, 0.15) is 17.5 Å². The first-order valence-electron chi connectivity index (χ1n) is 8.51. The first kappa shape index (κ1) is 20.0. The lowest BCUT2D eigenvalue weighted by molar-refractivity contribution is -0.159. The lowest BCUT2D eigenvalue weighted by Crippen LogP contribution is -2.50. The zero-order chi connectivity index (χ0) is 19.5. The first-order valence-corrected chi connectivity index (χ1v) is 8.51. The average Bonchev–Trinajstić information content (AvgIpc) is 2.52. The second-order valence-electron chi connectivity index (χ2n) is 7.29. The third-order valence-corrected chi connectivity index (χ3v) is 4.27. The Hall–Kier alpha value is -2.34. The van der Waals surface area contributed by atoms with E-state index < -0.39 is 29.2 Å². The Balaban J connectivity index is 2.32. The average molecular weight is 362 g/mol. The molecule has 0 amide bonds. The summed E-state index contributed by atoms with van der Waals surface area (Å²) in [6, 6.07) is 5.07. The number of hydrogen-bond acceptors (Lipinski definition) is 6. The van der Waals surface area contributed by atoms with Gasteiger partial charge in [0, 0.05) is 19.8 Å². The van der Waals surface area contributed by atoms with Gasteiger partial charge in [-0.2, -0.15) is 0 Å². The van der Waals surface area contributed by atoms with Gasteiger partial charge < -0.3 is 19.3 Å². The van der Waals surface area contributed by atoms with Gasteiger partial charge in [0.25, 0.3) is 0 Å². The van der Waals surface area contributed by atoms with Crippen molar-refractivity contribution < 1.29 is 28.9 Å². The van der Waals surface area contributed by atoms with Crippen LogP contribution in [0.1, 0.15) is 50.0 Å². The lowest BCUT2D eigenvalue weighted by atomic mass is 9.85. The molecule has 142 valence electrons. The third kappa shape index (κ3) is 4.85. The summed E-state index contributed by atoms with van der Waals surface area (Å²) >= 11 is 0. The van der Waals surface area contributed by atoms with E-state index in [1.807, 2.05) is 13.0 Å². The maximum atomic E-state index is 11.7. The van der Waals surface area contributed by atoms with Crippen molar-refractivity contribution in [1.82, 2.24) is 0 Å². The van der Waals surface area contributed by atoms with E-state index in [-0.39, 0.29) is 0 Å². The van der Waals surface area contributed by atoms with Crippen LogP contribution in [0.3, 0.4) is 0 Å². The van der Waals surface area contributed by atoms with Crippen LogP contribution in [0.15, 0.2) is 30.4 Å². The van der Waals surface area contributed by atoms with Gasteiger partial charge in [0.15, 0.2) is 0 Å². The summed E-state index contributed by atoms with van der Waals surface area (Å²) in [5.41, 5.74) is -0.521. The minimum absolute atomic E-state index is 0.399. The molecule has 1 aliphatic rings. The van der Waals surface area contributed by atoms with E-state index in [4.69, 9.17) is 14.2 Å². The molecule has 6 nitrogen and oxygen atoms in total. The Morgan fingerprint density at radius 2 is 2.12 bits per heavy atom. The van der Waals surface area contributed by atoms with Crippen LogP contribution in [0.5, 0.6) is 5.75 Å². The molecule has 0 aliphatic carbocycles. The molecule has 1 N–H and O–H groups in total. The van der Waals surface area contributed by atoms with Gasteiger partial charge in [0.2, 0.25) is 0 Å². The molecule has 0 saturated carbocycles. The lowest BCUT2D eigenvalue weighted by Gasteiger charge is -2.41. The number of methoxy groups -OCH3 is 1. The molecule has 2 atom stereocenters. The third-order valence-electron chi connectivity index (χ3n) is 4.27. The highest BCUT2D eigenvalue weighted by molar-refractivity contribution is 5.89. The second kappa shape index (κ2) is 7.50. The highest BCUT2D eigenvalue weighted by Gasteiger charge is 2.42. The number of hydrogen-bond donors (Lipinski definition) is 1. The van der Waals surface area contributed by atoms with Crippen molar-refractivity contribution in [1.29, 1.82) is 0 Å². The first-order chi connectivity index (χ1) is 12.0. The van der Waals surface area contributed by atoms with Gasteiger partial charge >= 0.3 is 11.9 Å². The molecule has 1 aromatic carbocycles. The van der Waals surface area contributed by atoms with E-state index in [9.17, 15) is 14.7 Å². The number of ether oxygens (including phenoxy) is 3. The second-order valence-corrected chi connectivity index (χ2v) is 7.29. The SMILES string of the molecule is COC(=O)c1ccc2c(c1)CC(OC(C)=O)C(C)(CC=CC(C)(C)O)O2. The van der Waals surface area contributed by atoms with Crippen LogP contribution in [0.25, 0.3) is 0 Å². The van der Waals surface area contributed by atoms with Gasteiger partial charge in [-0.25, -0.2) is 4.79 Å². The quantitative estimate of drug-likeness (QED) is 0.641. The van der Waals surface area contributed by atoms with Crippen LogP contribution in [0.4, 0.5) is 0 Å². The number of esters is 2. The number of fused-ring (bicyclic) bond motifs is 1. The standard InChI is InChI=1S/C20H26O6/c1-13(21)25-17-12-15-11-14(18(22)24-5)7-8-16(15)26-20(17,4)10-6-9-19(2,3)23/h6-9,11,17,23H,10,12H2,1-5H3. The van der Waals surface area contributed by atoms with Crippen molar-refractivity contribution in [3.63, 3.8) is 0 Å². The Kier molecular flexibility index (Phi) is 5.76. The summed E-state index contributed by atoms with van der Waals surface area (Å²) in [6.45, 7) is 6.58. The smallest absolute Gasteiger partial charge is 0.337 e. The molecule has 0 fully saturated rings. The van der Waals surface area contributed by atoms with Crippen LogP contribution >= 0.6 is 0 Å². The topological polar surface area (TPSA) is 82.1 Å². The molecule has 0 bridgehead atoms. The minimum Gasteiger partial charge on any atom is -0.483 e. The summed E-state index contributed by atoms with van der Waals surface area (Å²) in [5.74, 6) is -0.192. The molecule has 0 spiro atoms. The fraction of sp³-hybridized carbons (Fsp3) is 0.500. The summed E-state index contributed by atoms with van der Waals surface area (Å²) in [6.07, 6.45) is 3.86. The number of carbonyl (C=O) groups excluding carboxylic acids is 2. The Labute approximate surface area is 153 Å². The molecule has 6 heteroatoms. The molecule has 1 heterocycles. The van der Waals surface area contributed by atoms with Gasteiger partial charge in [0.05, 0.1) is 18.3 Å². The zero-order valence-corrected chi connectivity index (χ0v) is 15.9. The highest BCUT2D eigenvalue weighted by Crippen LogP contribution is 2.38. The van der Waals surface area contributed by atoms with Gasteiger partial charge in [-0.15, -0.1) is 0 Å². The van der Waals surface area contributed by atoms with Gasteiger partial charge in [-0.05, 0) is 44.5 Å². The molecule has 0 saturated heterocycles. The van der Waals surface area contributed by atoms with Crippen LogP contribution in [-0.2, 0) is 20.7 Å². The molecular formula is C20H26O6. The predicted octanol–water partition coefficient (Wildman–Crippen LogP) is 2.82. The fourth-order valence-electron chi connectivity index (χ4n) is 2.94. The van der Waals surface area contributed by atoms with Crippen LogP contribution < -0.4 is 4.74 Å². The van der Waals surface area contributed by atoms with Gasteiger partial charge in [-0.1, -0.05) is 12.2 Å². The predicted molar refractivity (Wildman–Crippen MR) is 96.1 cm³/mol. The Morgan fingerprint density at radius 3 is 2.69 bits per heavy atom. The van der Waals surface area contributed by atoms with Crippen LogP contribution in [0.2, 0.25) is 0 Å². The largest absolute Gasteiger partial charge is 0.483 e. The Morgan fingerprint density at radius 1 is 1.42 bits per heavy atom. The summed E-state index contributed by atoms with van der Waals surface area (Å²) in [4.78, 5) is 23.3. The van der Waals surface area contributed by atoms with Crippen LogP contribution in [0, 0.1) is 0 Å². The maximum absolute atomic E-state index is 11.7. The normalized spacial score (nSPS) is 22.5. The highest BCUT2D eigenvalue weighted by atomic mass is 16.6. The molecule has 2 rings (SSSR count). The maximum Gasteiger partial charge on any atom is 0.337 e. The molecule has 1 aliphatic heterocycles. The fourth-order valence-corrected chi connectivity index (χ4v) is 2.94. The molecule has 2 unspecified atom stereocenters. The summed E-state index contributed by atoms with van der Waals surface area (Å²) < 4.78 is 16.4. The molecule has 1 aromatic rings. The van der Waals surface area contributed by atoms with Crippen molar-refractivity contribution in [2.75, 3.05) is 7.11 Å². The summed E-state index contributed by atoms with van der Waals surface area (Å²) in [7, 11) is 1.33. The minimum atomic E-state index is -0.935. The van der Waals surface area contributed by atoms with Crippen molar-refractivity contribution in [3.8, 4) is 5.75 Å². The van der Waals surface area contributed by atoms with Gasteiger partial charge in [-0.3, -0.25) is 4.79 Å². The molecule has 26 heavy (non-hydrogen) atoms. The van der Waals surface area contributed by atoms with E-state index in [2.05, 4.69) is 0 Å². The van der Waals surface area contributed by atoms with Crippen molar-refractivity contribution in [2.45, 2.75) is 57.8 Å². The summed E-state index contributed by atoms with van der Waals surface area (Å²) in [5, 5.41) is 9.85. The van der Waals surface area contributed by atoms with E-state index in [0.717, 1.165) is 5.56 Å². The molecule has 0 radical (unpaired) electrons. The van der Waals surface area contributed by atoms with E-state index >= 15 is 0 Å². The van der Waals surface area contributed by atoms with E-state index in [1.165, 1.54) is 14.0 Å². The van der Waals surface area contributed by atoms with Crippen LogP contribution in [-0.4, -0.2) is 41.5 Å². The van der Waals surface area contributed by atoms with E-state index in [0.29, 0.717) is 24.2 Å². The van der Waals surface area contributed by atoms with Crippen molar-refractivity contribution in [2.24, 2.45) is 0 Å². The van der Waals surface area contributed by atoms with Crippen molar-refractivity contribution in [3.05, 3.63) is 41.5 Å². The van der Waals surface area contributed by atoms with Crippen molar-refractivity contribution >= 4 is 11.9 Å². The zero-order valence-electron chi connectivity index (χ0n) is 15.9. The van der Waals surface area contributed by atoms with E-state index in [1.54, 1.807) is 38.1 Å². The number of carbonyl (C=O) groups is 2. The number of rotatable bonds is 5. The number of aliphatic hydroxyl groups is 1. The Bertz CT molecular complexity index is 716. The monoisotopic (exact) mass is 362 g/mol. The molecular weight excluding hydrogens is 336 g/mol.